The molecule has 0 aromatic heterocycles. The zero-order chi connectivity index (χ0) is 13.4. The topological polar surface area (TPSA) is 95.4 Å². The number of benzene rings is 1. The number of allylic oxidation sites excluding steroid dienone is 2. The quantitative estimate of drug-likeness (QED) is 0.776. The molecule has 0 fully saturated rings. The molecule has 5 nitrogen and oxygen atoms in total. The lowest BCUT2D eigenvalue weighted by Crippen LogP contribution is -2.06. The highest BCUT2D eigenvalue weighted by Gasteiger charge is 2.06. The molecular formula is C13H11N5. The van der Waals surface area contributed by atoms with E-state index in [9.17, 15) is 0 Å². The van der Waals surface area contributed by atoms with Gasteiger partial charge in [0.05, 0.1) is 0 Å². The molecule has 0 radical (unpaired) electrons. The van der Waals surface area contributed by atoms with E-state index < -0.39 is 0 Å². The van der Waals surface area contributed by atoms with Crippen LogP contribution < -0.4 is 10.6 Å². The van der Waals surface area contributed by atoms with Crippen LogP contribution in [0.25, 0.3) is 0 Å². The van der Waals surface area contributed by atoms with E-state index in [1.165, 1.54) is 0 Å². The third-order valence-corrected chi connectivity index (χ3v) is 2.16. The minimum absolute atomic E-state index is 0.0402. The summed E-state index contributed by atoms with van der Waals surface area (Å²) >= 11 is 0. The van der Waals surface area contributed by atoms with Gasteiger partial charge in [-0.15, -0.1) is 0 Å². The second kappa shape index (κ2) is 6.70. The third-order valence-electron chi connectivity index (χ3n) is 2.16. The summed E-state index contributed by atoms with van der Waals surface area (Å²) in [6, 6.07) is 12.6. The van der Waals surface area contributed by atoms with Gasteiger partial charge in [0.2, 0.25) is 0 Å². The summed E-state index contributed by atoms with van der Waals surface area (Å²) in [4.78, 5) is 0. The smallest absolute Gasteiger partial charge is 0.163 e. The number of anilines is 1. The van der Waals surface area contributed by atoms with Crippen LogP contribution in [0.3, 0.4) is 0 Å². The number of nitrogens with zero attached hydrogens (tertiary/aromatic N) is 3. The lowest BCUT2D eigenvalue weighted by atomic mass is 10.2. The summed E-state index contributed by atoms with van der Waals surface area (Å²) in [5, 5.41) is 32.1. The van der Waals surface area contributed by atoms with Gasteiger partial charge in [-0.05, 0) is 24.7 Å². The van der Waals surface area contributed by atoms with Crippen molar-refractivity contribution in [2.45, 2.75) is 6.54 Å². The molecule has 1 aromatic carbocycles. The Hall–Kier alpha value is -2.81. The fourth-order valence-electron chi connectivity index (χ4n) is 1.39. The van der Waals surface area contributed by atoms with E-state index in [2.05, 4.69) is 10.6 Å². The van der Waals surface area contributed by atoms with Gasteiger partial charge in [0, 0.05) is 12.2 Å². The van der Waals surface area contributed by atoms with Crippen LogP contribution in [0.5, 0.6) is 0 Å². The number of nitriles is 3. The molecule has 0 heterocycles. The highest BCUT2D eigenvalue weighted by atomic mass is 14.9. The molecule has 2 N–H and O–H groups in total. The van der Waals surface area contributed by atoms with Gasteiger partial charge >= 0.3 is 0 Å². The Kier molecular flexibility index (Phi) is 4.94. The van der Waals surface area contributed by atoms with E-state index in [1.54, 1.807) is 18.2 Å². The van der Waals surface area contributed by atoms with Crippen LogP contribution in [0.2, 0.25) is 0 Å². The summed E-state index contributed by atoms with van der Waals surface area (Å²) in [6.07, 6.45) is 0. The second-order valence-electron chi connectivity index (χ2n) is 3.44. The van der Waals surface area contributed by atoms with Gasteiger partial charge < -0.3 is 10.6 Å². The first kappa shape index (κ1) is 13.3. The maximum atomic E-state index is 8.91. The van der Waals surface area contributed by atoms with E-state index in [-0.39, 0.29) is 11.3 Å². The average molecular weight is 237 g/mol. The van der Waals surface area contributed by atoms with Crippen molar-refractivity contribution in [1.82, 2.24) is 5.32 Å². The van der Waals surface area contributed by atoms with E-state index in [1.807, 2.05) is 31.3 Å². The van der Waals surface area contributed by atoms with Crippen molar-refractivity contribution in [3.8, 4) is 18.2 Å². The zero-order valence-corrected chi connectivity index (χ0v) is 9.86. The van der Waals surface area contributed by atoms with Gasteiger partial charge in [0.1, 0.15) is 23.9 Å². The highest BCUT2D eigenvalue weighted by molar-refractivity contribution is 5.58. The lowest BCUT2D eigenvalue weighted by Gasteiger charge is -2.06. The summed E-state index contributed by atoms with van der Waals surface area (Å²) in [7, 11) is 1.84. The van der Waals surface area contributed by atoms with Crippen molar-refractivity contribution in [2.24, 2.45) is 0 Å². The van der Waals surface area contributed by atoms with Crippen LogP contribution in [0.4, 0.5) is 5.69 Å². The van der Waals surface area contributed by atoms with Crippen LogP contribution >= 0.6 is 0 Å². The highest BCUT2D eigenvalue weighted by Crippen LogP contribution is 2.14. The Morgan fingerprint density at radius 2 is 1.89 bits per heavy atom. The Morgan fingerprint density at radius 3 is 2.44 bits per heavy atom. The monoisotopic (exact) mass is 237 g/mol. The molecule has 0 saturated carbocycles. The number of hydrogen-bond acceptors (Lipinski definition) is 5. The Labute approximate surface area is 106 Å². The summed E-state index contributed by atoms with van der Waals surface area (Å²) in [6.45, 7) is 0.699. The van der Waals surface area contributed by atoms with Crippen LogP contribution in [-0.2, 0) is 6.54 Å². The standard InChI is InChI=1S/C13H11N5/c1-17-9-10-3-2-4-12(5-10)18-13(8-16)11(6-14)7-15/h2-5,17-18H,9H2,1H3. The van der Waals surface area contributed by atoms with Gasteiger partial charge in [-0.1, -0.05) is 12.1 Å². The van der Waals surface area contributed by atoms with Crippen molar-refractivity contribution in [3.63, 3.8) is 0 Å². The first-order chi connectivity index (χ1) is 8.74. The summed E-state index contributed by atoms with van der Waals surface area (Å²) in [5.41, 5.74) is 1.44. The van der Waals surface area contributed by atoms with Crippen LogP contribution in [0, 0.1) is 34.0 Å². The van der Waals surface area contributed by atoms with E-state index in [0.29, 0.717) is 12.2 Å². The molecule has 0 aliphatic carbocycles. The fourth-order valence-corrected chi connectivity index (χ4v) is 1.39. The Morgan fingerprint density at radius 1 is 1.17 bits per heavy atom. The lowest BCUT2D eigenvalue weighted by molar-refractivity contribution is 0.818. The van der Waals surface area contributed by atoms with Crippen LogP contribution in [-0.4, -0.2) is 7.05 Å². The first-order valence-corrected chi connectivity index (χ1v) is 5.20. The normalized spacial score (nSPS) is 8.56. The molecule has 0 atom stereocenters. The van der Waals surface area contributed by atoms with Gasteiger partial charge in [0.25, 0.3) is 0 Å². The molecule has 5 heteroatoms. The van der Waals surface area contributed by atoms with Gasteiger partial charge in [0.15, 0.2) is 5.57 Å². The van der Waals surface area contributed by atoms with Gasteiger partial charge in [-0.3, -0.25) is 0 Å². The van der Waals surface area contributed by atoms with Crippen molar-refractivity contribution >= 4 is 5.69 Å². The molecule has 1 rings (SSSR count). The minimum atomic E-state index is -0.225. The Bertz CT molecular complexity index is 565. The Balaban J connectivity index is 3.02. The predicted molar refractivity (Wildman–Crippen MR) is 66.7 cm³/mol. The van der Waals surface area contributed by atoms with Crippen molar-refractivity contribution < 1.29 is 0 Å². The molecule has 0 amide bonds. The van der Waals surface area contributed by atoms with Crippen molar-refractivity contribution in [3.05, 3.63) is 41.1 Å². The number of rotatable bonds is 4. The maximum Gasteiger partial charge on any atom is 0.163 e. The van der Waals surface area contributed by atoms with E-state index in [0.717, 1.165) is 5.56 Å². The van der Waals surface area contributed by atoms with Gasteiger partial charge in [-0.2, -0.15) is 15.8 Å². The van der Waals surface area contributed by atoms with Crippen molar-refractivity contribution in [1.29, 1.82) is 15.8 Å². The fraction of sp³-hybridized carbons (Fsp3) is 0.154. The van der Waals surface area contributed by atoms with E-state index >= 15 is 0 Å². The van der Waals surface area contributed by atoms with E-state index in [4.69, 9.17) is 15.8 Å². The summed E-state index contributed by atoms with van der Waals surface area (Å²) in [5.74, 6) is 0. The minimum Gasteiger partial charge on any atom is -0.345 e. The average Bonchev–Trinajstić information content (AvgIpc) is 2.39. The number of nitrogens with one attached hydrogen (secondary N) is 2. The molecule has 0 saturated heterocycles. The molecule has 0 aliphatic heterocycles. The second-order valence-corrected chi connectivity index (χ2v) is 3.44. The molecule has 0 aliphatic rings. The molecule has 88 valence electrons. The molecular weight excluding hydrogens is 226 g/mol. The van der Waals surface area contributed by atoms with Crippen LogP contribution in [0.1, 0.15) is 5.56 Å². The number of hydrogen-bond donors (Lipinski definition) is 2. The van der Waals surface area contributed by atoms with Gasteiger partial charge in [-0.25, -0.2) is 0 Å². The largest absolute Gasteiger partial charge is 0.345 e. The molecule has 1 aromatic rings. The maximum absolute atomic E-state index is 8.91. The first-order valence-electron chi connectivity index (χ1n) is 5.20. The van der Waals surface area contributed by atoms with Crippen molar-refractivity contribution in [2.75, 3.05) is 12.4 Å². The molecule has 18 heavy (non-hydrogen) atoms. The molecule has 0 bridgehead atoms. The molecule has 0 spiro atoms. The SMILES string of the molecule is CNCc1cccc(NC(C#N)=C(C#N)C#N)c1. The third kappa shape index (κ3) is 3.35. The molecule has 0 unspecified atom stereocenters. The predicted octanol–water partition coefficient (Wildman–Crippen LogP) is 1.64. The summed E-state index contributed by atoms with van der Waals surface area (Å²) < 4.78 is 0. The zero-order valence-electron chi connectivity index (χ0n) is 9.86. The van der Waals surface area contributed by atoms with Crippen LogP contribution in [0.15, 0.2) is 35.5 Å².